The van der Waals surface area contributed by atoms with Gasteiger partial charge in [0.25, 0.3) is 0 Å². The number of carboxylic acids is 1. The van der Waals surface area contributed by atoms with E-state index in [-0.39, 0.29) is 6.42 Å². The molecular formula is C18H36O3. The van der Waals surface area contributed by atoms with Gasteiger partial charge in [0, 0.05) is 0 Å². The fraction of sp³-hybridized carbons (Fsp3) is 0.944. The fourth-order valence-electron chi connectivity index (χ4n) is 2.77. The van der Waals surface area contributed by atoms with E-state index in [2.05, 4.69) is 13.8 Å². The minimum absolute atomic E-state index is 0.116. The Hall–Kier alpha value is -0.570. The molecule has 3 heteroatoms. The van der Waals surface area contributed by atoms with Crippen LogP contribution >= 0.6 is 0 Å². The first-order valence-electron chi connectivity index (χ1n) is 8.96. The van der Waals surface area contributed by atoms with Crippen molar-refractivity contribution < 1.29 is 15.0 Å². The molecule has 0 saturated heterocycles. The molecule has 0 aromatic rings. The van der Waals surface area contributed by atoms with E-state index in [4.69, 9.17) is 5.11 Å². The normalized spacial score (nSPS) is 14.0. The molecule has 126 valence electrons. The van der Waals surface area contributed by atoms with Gasteiger partial charge in [-0.15, -0.1) is 0 Å². The van der Waals surface area contributed by atoms with Crippen molar-refractivity contribution in [2.24, 2.45) is 5.92 Å². The van der Waals surface area contributed by atoms with Crippen LogP contribution in [-0.2, 0) is 4.79 Å². The van der Waals surface area contributed by atoms with Crippen LogP contribution in [0.3, 0.4) is 0 Å². The smallest absolute Gasteiger partial charge is 0.305 e. The summed E-state index contributed by atoms with van der Waals surface area (Å²) in [5.41, 5.74) is 0. The number of aliphatic hydroxyl groups excluding tert-OH is 1. The Morgan fingerprint density at radius 1 is 0.857 bits per heavy atom. The molecule has 0 heterocycles. The van der Waals surface area contributed by atoms with Crippen LogP contribution in [0.4, 0.5) is 0 Å². The van der Waals surface area contributed by atoms with Crippen molar-refractivity contribution in [3.8, 4) is 0 Å². The summed E-state index contributed by atoms with van der Waals surface area (Å²) >= 11 is 0. The van der Waals surface area contributed by atoms with Gasteiger partial charge in [0.2, 0.25) is 0 Å². The predicted octanol–water partition coefficient (Wildman–Crippen LogP) is 5.16. The molecule has 0 aliphatic heterocycles. The van der Waals surface area contributed by atoms with Crippen LogP contribution in [0, 0.1) is 5.92 Å². The molecule has 2 unspecified atom stereocenters. The zero-order chi connectivity index (χ0) is 15.9. The van der Waals surface area contributed by atoms with Gasteiger partial charge in [0.05, 0.1) is 12.5 Å². The maximum absolute atomic E-state index is 10.4. The molecule has 0 radical (unpaired) electrons. The van der Waals surface area contributed by atoms with Crippen molar-refractivity contribution in [3.05, 3.63) is 0 Å². The highest BCUT2D eigenvalue weighted by molar-refractivity contribution is 5.67. The topological polar surface area (TPSA) is 57.5 Å². The largest absolute Gasteiger partial charge is 0.481 e. The molecule has 0 aliphatic carbocycles. The molecule has 0 bridgehead atoms. The first-order valence-corrected chi connectivity index (χ1v) is 8.96. The average molecular weight is 300 g/mol. The molecule has 3 nitrogen and oxygen atoms in total. The number of hydrogen-bond donors (Lipinski definition) is 2. The highest BCUT2D eigenvalue weighted by Crippen LogP contribution is 2.18. The van der Waals surface area contributed by atoms with Crippen molar-refractivity contribution in [1.82, 2.24) is 0 Å². The van der Waals surface area contributed by atoms with Gasteiger partial charge >= 0.3 is 5.97 Å². The molecule has 0 rings (SSSR count). The van der Waals surface area contributed by atoms with Crippen LogP contribution in [0.15, 0.2) is 0 Å². The standard InChI is InChI=1S/C18H36O3/c1-3-4-5-9-12-16(2)13-10-7-6-8-11-14-17(19)15-18(20)21/h16-17,19H,3-15H2,1-2H3,(H,20,21). The number of carbonyl (C=O) groups is 1. The van der Waals surface area contributed by atoms with E-state index in [0.717, 1.165) is 18.8 Å². The molecular weight excluding hydrogens is 264 g/mol. The minimum Gasteiger partial charge on any atom is -0.481 e. The molecule has 0 spiro atoms. The lowest BCUT2D eigenvalue weighted by molar-refractivity contribution is -0.139. The summed E-state index contributed by atoms with van der Waals surface area (Å²) in [6.07, 6.45) is 13.9. The third kappa shape index (κ3) is 15.6. The van der Waals surface area contributed by atoms with Crippen LogP contribution < -0.4 is 0 Å². The Bertz CT molecular complexity index is 241. The first-order chi connectivity index (χ1) is 10.1. The lowest BCUT2D eigenvalue weighted by Crippen LogP contribution is -2.12. The molecule has 0 saturated carbocycles. The van der Waals surface area contributed by atoms with Gasteiger partial charge in [-0.05, 0) is 12.3 Å². The summed E-state index contributed by atoms with van der Waals surface area (Å²) < 4.78 is 0. The Morgan fingerprint density at radius 2 is 1.33 bits per heavy atom. The second-order valence-corrected chi connectivity index (χ2v) is 6.55. The average Bonchev–Trinajstić information content (AvgIpc) is 2.41. The third-order valence-electron chi connectivity index (χ3n) is 4.19. The van der Waals surface area contributed by atoms with Crippen molar-refractivity contribution >= 4 is 5.97 Å². The zero-order valence-corrected chi connectivity index (χ0v) is 14.1. The quantitative estimate of drug-likeness (QED) is 0.411. The second kappa shape index (κ2) is 14.4. The fourth-order valence-corrected chi connectivity index (χ4v) is 2.77. The summed E-state index contributed by atoms with van der Waals surface area (Å²) in [5.74, 6) is -0.0466. The highest BCUT2D eigenvalue weighted by atomic mass is 16.4. The Kier molecular flexibility index (Phi) is 14.0. The Balaban J connectivity index is 3.26. The molecule has 0 aliphatic rings. The van der Waals surface area contributed by atoms with Crippen LogP contribution in [-0.4, -0.2) is 22.3 Å². The summed E-state index contributed by atoms with van der Waals surface area (Å²) in [7, 11) is 0. The zero-order valence-electron chi connectivity index (χ0n) is 14.1. The molecule has 21 heavy (non-hydrogen) atoms. The van der Waals surface area contributed by atoms with Gasteiger partial charge in [0.15, 0.2) is 0 Å². The predicted molar refractivity (Wildman–Crippen MR) is 88.5 cm³/mol. The summed E-state index contributed by atoms with van der Waals surface area (Å²) in [6.45, 7) is 4.62. The van der Waals surface area contributed by atoms with E-state index < -0.39 is 12.1 Å². The molecule has 0 aromatic heterocycles. The SMILES string of the molecule is CCCCCCC(C)CCCCCCCC(O)CC(=O)O. The van der Waals surface area contributed by atoms with Crippen LogP contribution in [0.1, 0.15) is 97.3 Å². The molecule has 0 amide bonds. The number of hydrogen-bond acceptors (Lipinski definition) is 2. The van der Waals surface area contributed by atoms with Crippen molar-refractivity contribution in [1.29, 1.82) is 0 Å². The molecule has 2 atom stereocenters. The van der Waals surface area contributed by atoms with E-state index in [1.165, 1.54) is 57.8 Å². The number of carboxylic acid groups (broad SMARTS) is 1. The van der Waals surface area contributed by atoms with E-state index >= 15 is 0 Å². The van der Waals surface area contributed by atoms with E-state index in [9.17, 15) is 9.90 Å². The Morgan fingerprint density at radius 3 is 1.86 bits per heavy atom. The van der Waals surface area contributed by atoms with E-state index in [0.29, 0.717) is 6.42 Å². The Labute approximate surface area is 131 Å². The number of aliphatic hydroxyl groups is 1. The monoisotopic (exact) mass is 300 g/mol. The second-order valence-electron chi connectivity index (χ2n) is 6.55. The number of aliphatic carboxylic acids is 1. The van der Waals surface area contributed by atoms with Gasteiger partial charge in [-0.1, -0.05) is 84.5 Å². The summed E-state index contributed by atoms with van der Waals surface area (Å²) in [5, 5.41) is 18.0. The molecule has 0 aromatic carbocycles. The third-order valence-corrected chi connectivity index (χ3v) is 4.19. The summed E-state index contributed by atoms with van der Waals surface area (Å²) in [6, 6.07) is 0. The van der Waals surface area contributed by atoms with Crippen LogP contribution in [0.5, 0.6) is 0 Å². The van der Waals surface area contributed by atoms with E-state index in [1.807, 2.05) is 0 Å². The van der Waals surface area contributed by atoms with Crippen molar-refractivity contribution in [2.45, 2.75) is 103 Å². The maximum atomic E-state index is 10.4. The number of rotatable bonds is 15. The number of unbranched alkanes of at least 4 members (excludes halogenated alkanes) is 7. The lowest BCUT2D eigenvalue weighted by atomic mass is 9.96. The van der Waals surface area contributed by atoms with Crippen LogP contribution in [0.25, 0.3) is 0 Å². The molecule has 0 fully saturated rings. The van der Waals surface area contributed by atoms with Gasteiger partial charge in [-0.3, -0.25) is 4.79 Å². The van der Waals surface area contributed by atoms with E-state index in [1.54, 1.807) is 0 Å². The van der Waals surface area contributed by atoms with Gasteiger partial charge in [-0.25, -0.2) is 0 Å². The van der Waals surface area contributed by atoms with Crippen LogP contribution in [0.2, 0.25) is 0 Å². The minimum atomic E-state index is -0.907. The first kappa shape index (κ1) is 20.4. The summed E-state index contributed by atoms with van der Waals surface area (Å²) in [4.78, 5) is 10.4. The molecule has 2 N–H and O–H groups in total. The van der Waals surface area contributed by atoms with Gasteiger partial charge in [-0.2, -0.15) is 0 Å². The van der Waals surface area contributed by atoms with Crippen molar-refractivity contribution in [3.63, 3.8) is 0 Å². The van der Waals surface area contributed by atoms with Gasteiger partial charge < -0.3 is 10.2 Å². The maximum Gasteiger partial charge on any atom is 0.305 e. The van der Waals surface area contributed by atoms with Crippen molar-refractivity contribution in [2.75, 3.05) is 0 Å². The highest BCUT2D eigenvalue weighted by Gasteiger charge is 2.08. The van der Waals surface area contributed by atoms with Gasteiger partial charge in [0.1, 0.15) is 0 Å². The lowest BCUT2D eigenvalue weighted by Gasteiger charge is -2.11.